The van der Waals surface area contributed by atoms with Gasteiger partial charge >= 0.3 is 11.9 Å². The maximum Gasteiger partial charge on any atom is 0.337 e. The zero-order chi connectivity index (χ0) is 26.6. The van der Waals surface area contributed by atoms with Gasteiger partial charge in [-0.3, -0.25) is 0 Å². The van der Waals surface area contributed by atoms with Gasteiger partial charge in [-0.15, -0.1) is 0 Å². The van der Waals surface area contributed by atoms with Gasteiger partial charge in [-0.05, 0) is 74.4 Å². The molecule has 198 valence electrons. The minimum Gasteiger partial charge on any atom is -0.497 e. The molecule has 0 aromatic heterocycles. The Morgan fingerprint density at radius 1 is 0.861 bits per heavy atom. The molecule has 0 heterocycles. The number of ether oxygens (including phenoxy) is 3. The van der Waals surface area contributed by atoms with Crippen molar-refractivity contribution in [2.24, 2.45) is 5.73 Å². The van der Waals surface area contributed by atoms with Crippen molar-refractivity contribution in [2.75, 3.05) is 20.3 Å². The molecule has 0 spiro atoms. The van der Waals surface area contributed by atoms with Gasteiger partial charge < -0.3 is 19.9 Å². The lowest BCUT2D eigenvalue weighted by atomic mass is 9.91. The molecule has 0 amide bonds. The van der Waals surface area contributed by atoms with E-state index >= 15 is 0 Å². The van der Waals surface area contributed by atoms with Gasteiger partial charge in [0.2, 0.25) is 5.54 Å². The molecule has 0 aliphatic heterocycles. The van der Waals surface area contributed by atoms with Crippen LogP contribution in [0.3, 0.4) is 0 Å². The molecular formula is C29H43NO5Si. The van der Waals surface area contributed by atoms with Gasteiger partial charge in [-0.2, -0.15) is 0 Å². The highest BCUT2D eigenvalue weighted by atomic mass is 28.3. The lowest BCUT2D eigenvalue weighted by molar-refractivity contribution is -0.164. The van der Waals surface area contributed by atoms with Crippen molar-refractivity contribution in [3.8, 4) is 5.75 Å². The molecule has 7 heteroatoms. The van der Waals surface area contributed by atoms with Crippen molar-refractivity contribution in [1.82, 2.24) is 0 Å². The molecule has 2 aromatic carbocycles. The van der Waals surface area contributed by atoms with Gasteiger partial charge in [0.1, 0.15) is 5.75 Å². The van der Waals surface area contributed by atoms with Crippen LogP contribution in [-0.2, 0) is 37.9 Å². The number of carbonyl (C=O) groups is 2. The van der Waals surface area contributed by atoms with Gasteiger partial charge in [0.05, 0.1) is 28.4 Å². The van der Waals surface area contributed by atoms with E-state index in [0.717, 1.165) is 24.2 Å². The summed E-state index contributed by atoms with van der Waals surface area (Å²) in [5.74, 6) is -0.546. The van der Waals surface area contributed by atoms with Crippen LogP contribution in [0.2, 0.25) is 19.1 Å². The van der Waals surface area contributed by atoms with Crippen molar-refractivity contribution in [3.63, 3.8) is 0 Å². The van der Waals surface area contributed by atoms with E-state index in [0.29, 0.717) is 6.42 Å². The molecule has 36 heavy (non-hydrogen) atoms. The second-order valence-corrected chi connectivity index (χ2v) is 15.3. The molecule has 0 bridgehead atoms. The highest BCUT2D eigenvalue weighted by Gasteiger charge is 2.44. The third-order valence-electron chi connectivity index (χ3n) is 6.50. The van der Waals surface area contributed by atoms with E-state index in [9.17, 15) is 9.59 Å². The fourth-order valence-corrected chi connectivity index (χ4v) is 7.09. The summed E-state index contributed by atoms with van der Waals surface area (Å²) in [4.78, 5) is 24.7. The number of benzene rings is 2. The number of unbranched alkanes of at least 4 members (excludes halogenated alkanes) is 1. The second-order valence-electron chi connectivity index (χ2n) is 10.1. The average Bonchev–Trinajstić information content (AvgIpc) is 2.86. The second kappa shape index (κ2) is 14.2. The molecule has 0 fully saturated rings. The first-order valence-electron chi connectivity index (χ1n) is 13.0. The van der Waals surface area contributed by atoms with Crippen molar-refractivity contribution in [3.05, 3.63) is 65.2 Å². The Morgan fingerprint density at radius 2 is 1.44 bits per heavy atom. The number of esters is 2. The molecule has 0 aliphatic rings. The Morgan fingerprint density at radius 3 is 2.00 bits per heavy atom. The van der Waals surface area contributed by atoms with Gasteiger partial charge in [-0.25, -0.2) is 9.59 Å². The van der Waals surface area contributed by atoms with Crippen LogP contribution in [0.5, 0.6) is 5.75 Å². The first-order valence-corrected chi connectivity index (χ1v) is 16.4. The number of methoxy groups -OCH3 is 1. The molecule has 0 unspecified atom stereocenters. The SMILES string of the molecule is CCOC(=O)C(N)(CCc1ccc(CCCC[Si](C)(C)Cc2cccc(OC)c2)cc1)C(=O)OCC. The quantitative estimate of drug-likeness (QED) is 0.151. The monoisotopic (exact) mass is 513 g/mol. The molecule has 0 atom stereocenters. The maximum absolute atomic E-state index is 12.4. The molecule has 2 aromatic rings. The van der Waals surface area contributed by atoms with Crippen LogP contribution >= 0.6 is 0 Å². The Bertz CT molecular complexity index is 956. The summed E-state index contributed by atoms with van der Waals surface area (Å²) in [6.45, 7) is 8.62. The van der Waals surface area contributed by atoms with E-state index in [4.69, 9.17) is 19.9 Å². The minimum atomic E-state index is -1.79. The Balaban J connectivity index is 1.83. The van der Waals surface area contributed by atoms with Crippen LogP contribution in [-0.4, -0.2) is 45.9 Å². The number of aryl methyl sites for hydroxylation is 2. The fourth-order valence-electron chi connectivity index (χ4n) is 4.38. The van der Waals surface area contributed by atoms with E-state index in [1.807, 2.05) is 18.2 Å². The van der Waals surface area contributed by atoms with Crippen LogP contribution in [0.25, 0.3) is 0 Å². The highest BCUT2D eigenvalue weighted by Crippen LogP contribution is 2.23. The molecular weight excluding hydrogens is 470 g/mol. The molecule has 0 saturated heterocycles. The largest absolute Gasteiger partial charge is 0.497 e. The van der Waals surface area contributed by atoms with Crippen molar-refractivity contribution < 1.29 is 23.8 Å². The molecule has 2 rings (SSSR count). The summed E-state index contributed by atoms with van der Waals surface area (Å²) in [6, 6.07) is 19.2. The lowest BCUT2D eigenvalue weighted by Crippen LogP contribution is -2.57. The number of hydrogen-bond donors (Lipinski definition) is 1. The van der Waals surface area contributed by atoms with E-state index < -0.39 is 25.6 Å². The highest BCUT2D eigenvalue weighted by molar-refractivity contribution is 6.76. The number of nitrogens with two attached hydrogens (primary N) is 1. The molecule has 2 N–H and O–H groups in total. The van der Waals surface area contributed by atoms with Crippen molar-refractivity contribution in [2.45, 2.75) is 76.7 Å². The number of rotatable bonds is 15. The molecule has 0 aliphatic carbocycles. The van der Waals surface area contributed by atoms with Crippen molar-refractivity contribution in [1.29, 1.82) is 0 Å². The number of carbonyl (C=O) groups excluding carboxylic acids is 2. The van der Waals surface area contributed by atoms with E-state index in [1.54, 1.807) is 21.0 Å². The van der Waals surface area contributed by atoms with Crippen LogP contribution in [0.1, 0.15) is 49.8 Å². The van der Waals surface area contributed by atoms with E-state index in [-0.39, 0.29) is 19.6 Å². The van der Waals surface area contributed by atoms with Crippen LogP contribution in [0.4, 0.5) is 0 Å². The van der Waals surface area contributed by atoms with E-state index in [2.05, 4.69) is 43.4 Å². The van der Waals surface area contributed by atoms with Gasteiger partial charge in [-0.1, -0.05) is 62.0 Å². The summed E-state index contributed by atoms with van der Waals surface area (Å²) in [5, 5.41) is 0. The lowest BCUT2D eigenvalue weighted by Gasteiger charge is -2.24. The molecule has 0 radical (unpaired) electrons. The summed E-state index contributed by atoms with van der Waals surface area (Å²) in [5.41, 5.74) is 8.06. The topological polar surface area (TPSA) is 87.9 Å². The van der Waals surface area contributed by atoms with Crippen LogP contribution in [0, 0.1) is 0 Å². The molecule has 6 nitrogen and oxygen atoms in total. The number of hydrogen-bond acceptors (Lipinski definition) is 6. The molecule has 0 saturated carbocycles. The van der Waals surface area contributed by atoms with Gasteiger partial charge in [0, 0.05) is 0 Å². The average molecular weight is 514 g/mol. The third kappa shape index (κ3) is 9.10. The maximum atomic E-state index is 12.4. The summed E-state index contributed by atoms with van der Waals surface area (Å²) in [7, 11) is 0.385. The Kier molecular flexibility index (Phi) is 11.7. The third-order valence-corrected chi connectivity index (χ3v) is 9.57. The smallest absolute Gasteiger partial charge is 0.337 e. The van der Waals surface area contributed by atoms with Gasteiger partial charge in [0.15, 0.2) is 0 Å². The van der Waals surface area contributed by atoms with Gasteiger partial charge in [0.25, 0.3) is 0 Å². The Labute approximate surface area is 217 Å². The minimum absolute atomic E-state index is 0.136. The Hall–Kier alpha value is -2.64. The van der Waals surface area contributed by atoms with Crippen LogP contribution in [0.15, 0.2) is 48.5 Å². The fraction of sp³-hybridized carbons (Fsp3) is 0.517. The first-order chi connectivity index (χ1) is 17.1. The first kappa shape index (κ1) is 29.6. The zero-order valence-corrected chi connectivity index (χ0v) is 23.6. The van der Waals surface area contributed by atoms with E-state index in [1.165, 1.54) is 29.6 Å². The predicted molar refractivity (Wildman–Crippen MR) is 147 cm³/mol. The van der Waals surface area contributed by atoms with Crippen LogP contribution < -0.4 is 10.5 Å². The standard InChI is InChI=1S/C29H43NO5Si/c1-6-34-27(31)29(30,28(32)35-7-2)19-18-24-16-14-23(15-17-24)11-8-9-20-36(4,5)22-25-12-10-13-26(21-25)33-3/h10,12-17,21H,6-9,11,18-20,22,30H2,1-5H3. The van der Waals surface area contributed by atoms with Crippen molar-refractivity contribution >= 4 is 20.0 Å². The predicted octanol–water partition coefficient (Wildman–Crippen LogP) is 5.26. The summed E-state index contributed by atoms with van der Waals surface area (Å²) < 4.78 is 15.4. The summed E-state index contributed by atoms with van der Waals surface area (Å²) in [6.07, 6.45) is 4.04. The normalized spacial score (nSPS) is 11.7. The summed E-state index contributed by atoms with van der Waals surface area (Å²) >= 11 is 0. The zero-order valence-electron chi connectivity index (χ0n) is 22.6.